The number of hydrogen-bond donors (Lipinski definition) is 1. The Kier molecular flexibility index (Phi) is 5.43. The minimum Gasteiger partial charge on any atom is -0.454 e. The molecule has 2 heterocycles. The van der Waals surface area contributed by atoms with Crippen LogP contribution in [0.4, 0.5) is 0 Å². The molecular weight excluding hydrogens is 354 g/mol. The van der Waals surface area contributed by atoms with Crippen molar-refractivity contribution in [3.05, 3.63) is 57.6 Å². The second-order valence-electron chi connectivity index (χ2n) is 5.63. The summed E-state index contributed by atoms with van der Waals surface area (Å²) in [4.78, 5) is 29.4. The Morgan fingerprint density at radius 1 is 1.15 bits per heavy atom. The smallest absolute Gasteiger partial charge is 0.325 e. The highest BCUT2D eigenvalue weighted by Crippen LogP contribution is 2.17. The fraction of sp³-hybridized carbons (Fsp3) is 0.222. The topological polar surface area (TPSA) is 94.3 Å². The zero-order valence-corrected chi connectivity index (χ0v) is 15.1. The zero-order valence-electron chi connectivity index (χ0n) is 14.3. The Hall–Kier alpha value is -3.00. The molecule has 134 valence electrons. The van der Waals surface area contributed by atoms with Gasteiger partial charge in [-0.3, -0.25) is 9.59 Å². The van der Waals surface area contributed by atoms with Crippen LogP contribution in [0.15, 0.2) is 40.9 Å². The fourth-order valence-electron chi connectivity index (χ4n) is 2.12. The standard InChI is InChI=1S/C18H17N3O4S/c1-11-3-6-13(7-4-11)17-20-15(25-21-17)10-24-16(22)9-19-18(23)14-8-5-12(2)26-14/h3-8H,9-10H2,1-2H3,(H,19,23). The summed E-state index contributed by atoms with van der Waals surface area (Å²) in [6, 6.07) is 11.2. The lowest BCUT2D eigenvalue weighted by Crippen LogP contribution is -2.30. The molecule has 0 aliphatic rings. The Labute approximate surface area is 154 Å². The summed E-state index contributed by atoms with van der Waals surface area (Å²) in [6.45, 7) is 3.52. The summed E-state index contributed by atoms with van der Waals surface area (Å²) < 4.78 is 10.1. The van der Waals surface area contributed by atoms with Gasteiger partial charge in [0.25, 0.3) is 11.8 Å². The van der Waals surface area contributed by atoms with Crippen molar-refractivity contribution in [2.24, 2.45) is 0 Å². The number of carbonyl (C=O) groups excluding carboxylic acids is 2. The molecule has 1 N–H and O–H groups in total. The van der Waals surface area contributed by atoms with Crippen molar-refractivity contribution >= 4 is 23.2 Å². The minimum atomic E-state index is -0.582. The molecule has 7 nitrogen and oxygen atoms in total. The summed E-state index contributed by atoms with van der Waals surface area (Å²) in [5, 5.41) is 6.38. The Morgan fingerprint density at radius 3 is 2.62 bits per heavy atom. The lowest BCUT2D eigenvalue weighted by Gasteiger charge is -2.03. The number of esters is 1. The predicted octanol–water partition coefficient (Wildman–Crippen LogP) is 2.89. The lowest BCUT2D eigenvalue weighted by atomic mass is 10.1. The van der Waals surface area contributed by atoms with Gasteiger partial charge in [0.1, 0.15) is 6.54 Å². The van der Waals surface area contributed by atoms with Gasteiger partial charge in [0.15, 0.2) is 6.61 Å². The molecule has 8 heteroatoms. The molecule has 3 rings (SSSR count). The average molecular weight is 371 g/mol. The Bertz CT molecular complexity index is 915. The first-order valence-electron chi connectivity index (χ1n) is 7.91. The fourth-order valence-corrected chi connectivity index (χ4v) is 2.91. The molecule has 0 fully saturated rings. The number of thiophene rings is 1. The molecule has 0 bridgehead atoms. The maximum atomic E-state index is 11.9. The van der Waals surface area contributed by atoms with Crippen LogP contribution < -0.4 is 5.32 Å². The van der Waals surface area contributed by atoms with E-state index in [0.717, 1.165) is 16.0 Å². The van der Waals surface area contributed by atoms with E-state index in [2.05, 4.69) is 15.5 Å². The maximum Gasteiger partial charge on any atom is 0.325 e. The molecule has 0 aliphatic carbocycles. The monoisotopic (exact) mass is 371 g/mol. The number of benzene rings is 1. The van der Waals surface area contributed by atoms with Gasteiger partial charge in [-0.1, -0.05) is 35.0 Å². The molecule has 0 saturated carbocycles. The summed E-state index contributed by atoms with van der Waals surface area (Å²) in [5.74, 6) is -0.271. The SMILES string of the molecule is Cc1ccc(-c2noc(COC(=O)CNC(=O)c3ccc(C)s3)n2)cc1. The van der Waals surface area contributed by atoms with Crippen LogP contribution in [0.25, 0.3) is 11.4 Å². The molecule has 1 amide bonds. The van der Waals surface area contributed by atoms with Crippen LogP contribution in [0.1, 0.15) is 26.0 Å². The number of rotatable bonds is 6. The molecule has 0 atom stereocenters. The van der Waals surface area contributed by atoms with Crippen LogP contribution >= 0.6 is 11.3 Å². The normalized spacial score (nSPS) is 10.5. The van der Waals surface area contributed by atoms with E-state index in [1.807, 2.05) is 44.2 Å². The largest absolute Gasteiger partial charge is 0.454 e. The van der Waals surface area contributed by atoms with Crippen LogP contribution in [0.2, 0.25) is 0 Å². The molecule has 26 heavy (non-hydrogen) atoms. The van der Waals surface area contributed by atoms with Gasteiger partial charge in [-0.05, 0) is 26.0 Å². The third-order valence-corrected chi connectivity index (χ3v) is 4.49. The quantitative estimate of drug-likeness (QED) is 0.670. The average Bonchev–Trinajstić information content (AvgIpc) is 3.27. The molecule has 0 unspecified atom stereocenters. The summed E-state index contributed by atoms with van der Waals surface area (Å²) in [5.41, 5.74) is 1.95. The van der Waals surface area contributed by atoms with E-state index in [1.54, 1.807) is 6.07 Å². The number of nitrogens with zero attached hydrogens (tertiary/aromatic N) is 2. The van der Waals surface area contributed by atoms with E-state index in [4.69, 9.17) is 9.26 Å². The van der Waals surface area contributed by atoms with Crippen molar-refractivity contribution in [1.29, 1.82) is 0 Å². The predicted molar refractivity (Wildman–Crippen MR) is 95.7 cm³/mol. The zero-order chi connectivity index (χ0) is 18.5. The number of aromatic nitrogens is 2. The van der Waals surface area contributed by atoms with E-state index in [-0.39, 0.29) is 24.9 Å². The van der Waals surface area contributed by atoms with Crippen molar-refractivity contribution in [2.75, 3.05) is 6.54 Å². The first kappa shape index (κ1) is 17.8. The van der Waals surface area contributed by atoms with Crippen molar-refractivity contribution in [2.45, 2.75) is 20.5 Å². The first-order chi connectivity index (χ1) is 12.5. The summed E-state index contributed by atoms with van der Waals surface area (Å²) in [6.07, 6.45) is 0. The van der Waals surface area contributed by atoms with E-state index in [9.17, 15) is 9.59 Å². The van der Waals surface area contributed by atoms with E-state index >= 15 is 0 Å². The molecule has 0 aliphatic heterocycles. The van der Waals surface area contributed by atoms with Gasteiger partial charge >= 0.3 is 5.97 Å². The van der Waals surface area contributed by atoms with Crippen LogP contribution in [0.3, 0.4) is 0 Å². The van der Waals surface area contributed by atoms with Gasteiger partial charge in [0, 0.05) is 10.4 Å². The van der Waals surface area contributed by atoms with Gasteiger partial charge < -0.3 is 14.6 Å². The maximum absolute atomic E-state index is 11.9. The van der Waals surface area contributed by atoms with Gasteiger partial charge in [0.05, 0.1) is 4.88 Å². The number of nitrogens with one attached hydrogen (secondary N) is 1. The van der Waals surface area contributed by atoms with E-state index in [1.165, 1.54) is 11.3 Å². The lowest BCUT2D eigenvalue weighted by molar-refractivity contribution is -0.144. The number of amides is 1. The number of hydrogen-bond acceptors (Lipinski definition) is 7. The van der Waals surface area contributed by atoms with Gasteiger partial charge in [-0.15, -0.1) is 11.3 Å². The minimum absolute atomic E-state index is 0.147. The third-order valence-electron chi connectivity index (χ3n) is 3.49. The number of ether oxygens (including phenoxy) is 1. The van der Waals surface area contributed by atoms with Crippen LogP contribution in [0, 0.1) is 13.8 Å². The van der Waals surface area contributed by atoms with Crippen molar-refractivity contribution in [1.82, 2.24) is 15.5 Å². The summed E-state index contributed by atoms with van der Waals surface area (Å²) >= 11 is 1.36. The van der Waals surface area contributed by atoms with Crippen LogP contribution in [-0.2, 0) is 16.1 Å². The van der Waals surface area contributed by atoms with Crippen molar-refractivity contribution in [3.8, 4) is 11.4 Å². The second-order valence-corrected chi connectivity index (χ2v) is 6.92. The molecular formula is C18H17N3O4S. The molecule has 0 radical (unpaired) electrons. The Balaban J connectivity index is 1.47. The van der Waals surface area contributed by atoms with E-state index in [0.29, 0.717) is 10.7 Å². The first-order valence-corrected chi connectivity index (χ1v) is 8.73. The van der Waals surface area contributed by atoms with Crippen LogP contribution in [-0.4, -0.2) is 28.6 Å². The second kappa shape index (κ2) is 7.92. The number of aryl methyl sites for hydroxylation is 2. The van der Waals surface area contributed by atoms with Crippen molar-refractivity contribution in [3.63, 3.8) is 0 Å². The summed E-state index contributed by atoms with van der Waals surface area (Å²) in [7, 11) is 0. The Morgan fingerprint density at radius 2 is 1.92 bits per heavy atom. The van der Waals surface area contributed by atoms with Crippen LogP contribution in [0.5, 0.6) is 0 Å². The van der Waals surface area contributed by atoms with Gasteiger partial charge in [-0.25, -0.2) is 0 Å². The number of carbonyl (C=O) groups is 2. The highest BCUT2D eigenvalue weighted by molar-refractivity contribution is 7.13. The third kappa shape index (κ3) is 4.54. The molecule has 1 aromatic carbocycles. The highest BCUT2D eigenvalue weighted by Gasteiger charge is 2.13. The van der Waals surface area contributed by atoms with Gasteiger partial charge in [0.2, 0.25) is 5.82 Å². The molecule has 0 spiro atoms. The molecule has 0 saturated heterocycles. The molecule has 2 aromatic heterocycles. The molecule has 3 aromatic rings. The van der Waals surface area contributed by atoms with E-state index < -0.39 is 5.97 Å². The van der Waals surface area contributed by atoms with Gasteiger partial charge in [-0.2, -0.15) is 4.98 Å². The highest BCUT2D eigenvalue weighted by atomic mass is 32.1. The van der Waals surface area contributed by atoms with Crippen molar-refractivity contribution < 1.29 is 18.8 Å².